The molecule has 2 fully saturated rings. The Labute approximate surface area is 149 Å². The number of piperidine rings is 1. The molecule has 8 heteroatoms. The van der Waals surface area contributed by atoms with Crippen molar-refractivity contribution >= 4 is 17.5 Å². The Kier molecular flexibility index (Phi) is 5.50. The van der Waals surface area contributed by atoms with Crippen LogP contribution in [-0.2, 0) is 20.5 Å². The molecule has 0 spiro atoms. The Morgan fingerprint density at radius 1 is 1.08 bits per heavy atom. The fourth-order valence-electron chi connectivity index (χ4n) is 3.32. The highest BCUT2D eigenvalue weighted by atomic mass is 19.4. The molecule has 2 saturated heterocycles. The number of benzene rings is 1. The van der Waals surface area contributed by atoms with Gasteiger partial charge in [0.25, 0.3) is 5.91 Å². The second kappa shape index (κ2) is 7.65. The van der Waals surface area contributed by atoms with E-state index in [1.807, 2.05) is 0 Å². The van der Waals surface area contributed by atoms with E-state index in [0.717, 1.165) is 25.0 Å². The summed E-state index contributed by atoms with van der Waals surface area (Å²) < 4.78 is 43.1. The van der Waals surface area contributed by atoms with E-state index in [4.69, 9.17) is 4.74 Å². The summed E-state index contributed by atoms with van der Waals surface area (Å²) in [6.45, 7) is 1.59. The summed E-state index contributed by atoms with van der Waals surface area (Å²) in [5, 5.41) is 2.66. The number of hydrogen-bond donors (Lipinski definition) is 1. The van der Waals surface area contributed by atoms with Gasteiger partial charge >= 0.3 is 6.18 Å². The summed E-state index contributed by atoms with van der Waals surface area (Å²) >= 11 is 0. The van der Waals surface area contributed by atoms with Crippen LogP contribution in [0.4, 0.5) is 18.9 Å². The van der Waals surface area contributed by atoms with Gasteiger partial charge in [-0.05, 0) is 49.9 Å². The summed E-state index contributed by atoms with van der Waals surface area (Å²) in [4.78, 5) is 26.3. The Morgan fingerprint density at radius 3 is 2.27 bits per heavy atom. The molecule has 2 aliphatic rings. The van der Waals surface area contributed by atoms with Crippen LogP contribution in [0.3, 0.4) is 0 Å². The van der Waals surface area contributed by atoms with E-state index < -0.39 is 11.7 Å². The van der Waals surface area contributed by atoms with Gasteiger partial charge < -0.3 is 15.0 Å². The molecule has 0 aliphatic carbocycles. The molecule has 2 aliphatic heterocycles. The highest BCUT2D eigenvalue weighted by molar-refractivity contribution is 5.92. The molecule has 2 amide bonds. The standard InChI is InChI=1S/C18H21F3N2O3/c19-18(20,21)13-3-5-14(6-4-13)22-16(24)12-7-9-23(10-8-12)17(25)15-2-1-11-26-15/h3-6,12,15H,1-2,7-11H2,(H,22,24). The van der Waals surface area contributed by atoms with E-state index in [-0.39, 0.29) is 23.8 Å². The van der Waals surface area contributed by atoms with Crippen LogP contribution in [0.2, 0.25) is 0 Å². The average Bonchev–Trinajstić information content (AvgIpc) is 3.15. The van der Waals surface area contributed by atoms with Crippen LogP contribution in [0.25, 0.3) is 0 Å². The van der Waals surface area contributed by atoms with Crippen LogP contribution >= 0.6 is 0 Å². The summed E-state index contributed by atoms with van der Waals surface area (Å²) in [6, 6.07) is 4.38. The van der Waals surface area contributed by atoms with Gasteiger partial charge in [0.15, 0.2) is 0 Å². The van der Waals surface area contributed by atoms with E-state index >= 15 is 0 Å². The topological polar surface area (TPSA) is 58.6 Å². The van der Waals surface area contributed by atoms with Gasteiger partial charge in [0, 0.05) is 31.3 Å². The Balaban J connectivity index is 1.50. The minimum atomic E-state index is -4.40. The molecule has 1 N–H and O–H groups in total. The molecule has 2 heterocycles. The summed E-state index contributed by atoms with van der Waals surface area (Å²) in [7, 11) is 0. The lowest BCUT2D eigenvalue weighted by atomic mass is 9.95. The Hall–Kier alpha value is -2.09. The number of alkyl halides is 3. The van der Waals surface area contributed by atoms with Crippen molar-refractivity contribution < 1.29 is 27.5 Å². The monoisotopic (exact) mass is 370 g/mol. The number of nitrogens with one attached hydrogen (secondary N) is 1. The number of carbonyl (C=O) groups excluding carboxylic acids is 2. The largest absolute Gasteiger partial charge is 0.416 e. The smallest absolute Gasteiger partial charge is 0.368 e. The maximum atomic E-state index is 12.6. The minimum absolute atomic E-state index is 0.0101. The SMILES string of the molecule is O=C(Nc1ccc(C(F)(F)F)cc1)C1CCN(C(=O)C2CCCO2)CC1. The Bertz CT molecular complexity index is 647. The number of amides is 2. The molecule has 0 bridgehead atoms. The van der Waals surface area contributed by atoms with Crippen LogP contribution in [0, 0.1) is 5.92 Å². The Morgan fingerprint density at radius 2 is 1.73 bits per heavy atom. The fourth-order valence-corrected chi connectivity index (χ4v) is 3.32. The third kappa shape index (κ3) is 4.35. The van der Waals surface area contributed by atoms with Crippen molar-refractivity contribution in [3.63, 3.8) is 0 Å². The predicted molar refractivity (Wildman–Crippen MR) is 88.4 cm³/mol. The van der Waals surface area contributed by atoms with Crippen LogP contribution in [0.15, 0.2) is 24.3 Å². The average molecular weight is 370 g/mol. The van der Waals surface area contributed by atoms with Gasteiger partial charge in [-0.15, -0.1) is 0 Å². The molecule has 0 saturated carbocycles. The normalized spacial score (nSPS) is 21.7. The number of anilines is 1. The molecular weight excluding hydrogens is 349 g/mol. The van der Waals surface area contributed by atoms with E-state index in [1.165, 1.54) is 12.1 Å². The first kappa shape index (κ1) is 18.7. The van der Waals surface area contributed by atoms with Gasteiger partial charge in [0.1, 0.15) is 6.10 Å². The molecule has 5 nitrogen and oxygen atoms in total. The van der Waals surface area contributed by atoms with Crippen molar-refractivity contribution in [1.29, 1.82) is 0 Å². The van der Waals surface area contributed by atoms with Crippen molar-refractivity contribution in [2.75, 3.05) is 25.0 Å². The van der Waals surface area contributed by atoms with Crippen molar-refractivity contribution in [3.05, 3.63) is 29.8 Å². The molecule has 142 valence electrons. The zero-order valence-electron chi connectivity index (χ0n) is 14.2. The quantitative estimate of drug-likeness (QED) is 0.890. The van der Waals surface area contributed by atoms with Crippen molar-refractivity contribution in [2.24, 2.45) is 5.92 Å². The van der Waals surface area contributed by atoms with E-state index in [2.05, 4.69) is 5.32 Å². The molecular formula is C18H21F3N2O3. The van der Waals surface area contributed by atoms with Crippen molar-refractivity contribution in [3.8, 4) is 0 Å². The lowest BCUT2D eigenvalue weighted by Crippen LogP contribution is -2.45. The maximum absolute atomic E-state index is 12.6. The third-order valence-electron chi connectivity index (χ3n) is 4.86. The first-order valence-electron chi connectivity index (χ1n) is 8.73. The molecule has 1 atom stereocenters. The molecule has 1 aromatic rings. The molecule has 1 aromatic carbocycles. The predicted octanol–water partition coefficient (Wildman–Crippen LogP) is 3.06. The number of carbonyl (C=O) groups is 2. The minimum Gasteiger partial charge on any atom is -0.368 e. The fraction of sp³-hybridized carbons (Fsp3) is 0.556. The second-order valence-electron chi connectivity index (χ2n) is 6.67. The van der Waals surface area contributed by atoms with Crippen molar-refractivity contribution in [2.45, 2.75) is 38.0 Å². The van der Waals surface area contributed by atoms with Crippen LogP contribution < -0.4 is 5.32 Å². The van der Waals surface area contributed by atoms with Crippen LogP contribution in [-0.4, -0.2) is 42.5 Å². The summed E-state index contributed by atoms with van der Waals surface area (Å²) in [5.74, 6) is -0.496. The van der Waals surface area contributed by atoms with E-state index in [1.54, 1.807) is 4.90 Å². The zero-order valence-corrected chi connectivity index (χ0v) is 14.2. The lowest BCUT2D eigenvalue weighted by Gasteiger charge is -2.32. The highest BCUT2D eigenvalue weighted by Crippen LogP contribution is 2.30. The number of likely N-dealkylation sites (tertiary alicyclic amines) is 1. The van der Waals surface area contributed by atoms with Gasteiger partial charge in [-0.3, -0.25) is 9.59 Å². The lowest BCUT2D eigenvalue weighted by molar-refractivity contribution is -0.143. The number of hydrogen-bond acceptors (Lipinski definition) is 3. The maximum Gasteiger partial charge on any atom is 0.416 e. The van der Waals surface area contributed by atoms with Gasteiger partial charge in [-0.1, -0.05) is 0 Å². The first-order chi connectivity index (χ1) is 12.3. The third-order valence-corrected chi connectivity index (χ3v) is 4.86. The van der Waals surface area contributed by atoms with Gasteiger partial charge in [-0.25, -0.2) is 0 Å². The number of halogens is 3. The van der Waals surface area contributed by atoms with Crippen LogP contribution in [0.5, 0.6) is 0 Å². The number of ether oxygens (including phenoxy) is 1. The summed E-state index contributed by atoms with van der Waals surface area (Å²) in [6.07, 6.45) is -2.05. The molecule has 0 radical (unpaired) electrons. The summed E-state index contributed by atoms with van der Waals surface area (Å²) in [5.41, 5.74) is -0.419. The van der Waals surface area contributed by atoms with Gasteiger partial charge in [0.05, 0.1) is 5.56 Å². The van der Waals surface area contributed by atoms with Crippen LogP contribution in [0.1, 0.15) is 31.2 Å². The van der Waals surface area contributed by atoms with E-state index in [0.29, 0.717) is 38.2 Å². The molecule has 3 rings (SSSR count). The van der Waals surface area contributed by atoms with Crippen molar-refractivity contribution in [1.82, 2.24) is 4.90 Å². The number of nitrogens with zero attached hydrogens (tertiary/aromatic N) is 1. The second-order valence-corrected chi connectivity index (χ2v) is 6.67. The first-order valence-corrected chi connectivity index (χ1v) is 8.73. The zero-order chi connectivity index (χ0) is 18.7. The number of rotatable bonds is 3. The molecule has 1 unspecified atom stereocenters. The highest BCUT2D eigenvalue weighted by Gasteiger charge is 2.33. The molecule has 0 aromatic heterocycles. The van der Waals surface area contributed by atoms with E-state index in [9.17, 15) is 22.8 Å². The molecule has 26 heavy (non-hydrogen) atoms. The van der Waals surface area contributed by atoms with Gasteiger partial charge in [0.2, 0.25) is 5.91 Å². The van der Waals surface area contributed by atoms with Gasteiger partial charge in [-0.2, -0.15) is 13.2 Å².